The first-order valence-electron chi connectivity index (χ1n) is 13.2. The van der Waals surface area contributed by atoms with Gasteiger partial charge in [0.05, 0.1) is 5.75 Å². The van der Waals surface area contributed by atoms with Crippen LogP contribution in [0.5, 0.6) is 0 Å². The third-order valence-corrected chi connectivity index (χ3v) is 8.60. The van der Waals surface area contributed by atoms with Gasteiger partial charge >= 0.3 is 23.9 Å². The number of carboxylic acids is 4. The van der Waals surface area contributed by atoms with Crippen molar-refractivity contribution in [1.82, 2.24) is 9.80 Å². The van der Waals surface area contributed by atoms with E-state index in [1.54, 1.807) is 11.8 Å². The maximum Gasteiger partial charge on any atom is 0.414 e. The third-order valence-electron chi connectivity index (χ3n) is 7.45. The van der Waals surface area contributed by atoms with Crippen LogP contribution >= 0.6 is 11.8 Å². The zero-order valence-corrected chi connectivity index (χ0v) is 23.5. The van der Waals surface area contributed by atoms with Crippen LogP contribution in [0.1, 0.15) is 38.2 Å². The van der Waals surface area contributed by atoms with E-state index in [-0.39, 0.29) is 5.41 Å². The molecule has 5 N–H and O–H groups in total. The van der Waals surface area contributed by atoms with Crippen molar-refractivity contribution in [3.63, 3.8) is 0 Å². The lowest BCUT2D eigenvalue weighted by atomic mass is 9.76. The minimum atomic E-state index is -1.82. The van der Waals surface area contributed by atoms with Gasteiger partial charge in [-0.3, -0.25) is 4.99 Å². The van der Waals surface area contributed by atoms with Crippen molar-refractivity contribution in [3.05, 3.63) is 48.0 Å². The molecule has 0 bridgehead atoms. The fraction of sp³-hybridized carbons (Fsp3) is 0.464. The van der Waals surface area contributed by atoms with Crippen LogP contribution in [0, 0.1) is 5.41 Å². The number of aliphatic hydroxyl groups is 1. The van der Waals surface area contributed by atoms with Crippen LogP contribution in [0.15, 0.2) is 47.5 Å². The zero-order chi connectivity index (χ0) is 30.2. The van der Waals surface area contributed by atoms with Crippen LogP contribution in [0.3, 0.4) is 0 Å². The van der Waals surface area contributed by atoms with E-state index in [4.69, 9.17) is 44.6 Å². The number of hydrogen-bond acceptors (Lipinski definition) is 9. The van der Waals surface area contributed by atoms with Gasteiger partial charge in [0.25, 0.3) is 0 Å². The Labute approximate surface area is 241 Å². The average Bonchev–Trinajstić information content (AvgIpc) is 3.29. The molecule has 5 rings (SSSR count). The van der Waals surface area contributed by atoms with Gasteiger partial charge in [-0.1, -0.05) is 61.5 Å². The number of carbonyl (C=O) groups is 4. The number of amidine groups is 1. The van der Waals surface area contributed by atoms with Gasteiger partial charge in [-0.25, -0.2) is 19.2 Å². The smallest absolute Gasteiger partial charge is 0.414 e. The topological polar surface area (TPSA) is 188 Å². The molecule has 1 unspecified atom stereocenters. The summed E-state index contributed by atoms with van der Waals surface area (Å²) in [6, 6.07) is 14.8. The van der Waals surface area contributed by atoms with Crippen LogP contribution < -0.4 is 0 Å². The fourth-order valence-electron chi connectivity index (χ4n) is 5.06. The third kappa shape index (κ3) is 7.96. The van der Waals surface area contributed by atoms with E-state index in [1.807, 2.05) is 0 Å². The zero-order valence-electron chi connectivity index (χ0n) is 22.7. The van der Waals surface area contributed by atoms with Crippen molar-refractivity contribution in [1.29, 1.82) is 0 Å². The van der Waals surface area contributed by atoms with E-state index in [2.05, 4.69) is 59.2 Å². The Morgan fingerprint density at radius 2 is 1.49 bits per heavy atom. The molecule has 0 amide bonds. The summed E-state index contributed by atoms with van der Waals surface area (Å²) in [6.45, 7) is 7.66. The molecule has 12 nitrogen and oxygen atoms in total. The Kier molecular flexibility index (Phi) is 10.7. The number of carboxylic acid groups (broad SMARTS) is 4. The fourth-order valence-corrected chi connectivity index (χ4v) is 6.24. The van der Waals surface area contributed by atoms with Gasteiger partial charge in [-0.15, -0.1) is 0 Å². The molecule has 3 aliphatic rings. The molecule has 3 heterocycles. The molecule has 0 aliphatic carbocycles. The second-order valence-electron chi connectivity index (χ2n) is 10.3. The number of aliphatic carboxylic acids is 4. The van der Waals surface area contributed by atoms with Gasteiger partial charge in [0.2, 0.25) is 0 Å². The summed E-state index contributed by atoms with van der Waals surface area (Å²) in [5, 5.41) is 44.8. The molecular weight excluding hydrogens is 554 g/mol. The van der Waals surface area contributed by atoms with Gasteiger partial charge < -0.3 is 35.3 Å². The SMILES string of the molecule is CCCCN1CCC2(CC1)CN=C1SCC(O)(c3ccc4ccccc4c3)N1C2.O=C(O)C(=O)O.O=C(O)C(=O)O. The lowest BCUT2D eigenvalue weighted by molar-refractivity contribution is -0.159. The Morgan fingerprint density at radius 1 is 0.902 bits per heavy atom. The maximum atomic E-state index is 11.8. The van der Waals surface area contributed by atoms with Gasteiger partial charge in [-0.2, -0.15) is 0 Å². The number of nitrogens with zero attached hydrogens (tertiary/aromatic N) is 3. The quantitative estimate of drug-likeness (QED) is 0.328. The average molecular weight is 590 g/mol. The van der Waals surface area contributed by atoms with Crippen LogP contribution in [0.2, 0.25) is 0 Å². The Bertz CT molecular complexity index is 1260. The summed E-state index contributed by atoms with van der Waals surface area (Å²) >= 11 is 1.71. The van der Waals surface area contributed by atoms with Crippen LogP contribution in [0.25, 0.3) is 10.8 Å². The van der Waals surface area contributed by atoms with Gasteiger partial charge in [0.1, 0.15) is 0 Å². The first kappa shape index (κ1) is 31.8. The van der Waals surface area contributed by atoms with Crippen LogP contribution in [-0.4, -0.2) is 103 Å². The van der Waals surface area contributed by atoms with E-state index < -0.39 is 29.6 Å². The lowest BCUT2D eigenvalue weighted by Gasteiger charge is -2.48. The summed E-state index contributed by atoms with van der Waals surface area (Å²) in [7, 11) is 0. The number of rotatable bonds is 4. The Hall–Kier alpha value is -3.68. The molecule has 222 valence electrons. The second-order valence-corrected chi connectivity index (χ2v) is 11.2. The van der Waals surface area contributed by atoms with Crippen molar-refractivity contribution < 1.29 is 44.7 Å². The molecule has 0 aromatic heterocycles. The molecule has 2 saturated heterocycles. The van der Waals surface area contributed by atoms with Crippen LogP contribution in [0.4, 0.5) is 0 Å². The van der Waals surface area contributed by atoms with E-state index in [0.29, 0.717) is 5.75 Å². The number of piperidine rings is 1. The molecule has 1 atom stereocenters. The molecule has 13 heteroatoms. The van der Waals surface area contributed by atoms with Gasteiger partial charge in [0.15, 0.2) is 10.9 Å². The highest BCUT2D eigenvalue weighted by Crippen LogP contribution is 2.46. The highest BCUT2D eigenvalue weighted by molar-refractivity contribution is 8.14. The molecule has 0 saturated carbocycles. The van der Waals surface area contributed by atoms with Crippen molar-refractivity contribution in [2.24, 2.45) is 10.4 Å². The summed E-state index contributed by atoms with van der Waals surface area (Å²) in [6.07, 6.45) is 4.92. The summed E-state index contributed by atoms with van der Waals surface area (Å²) in [4.78, 5) is 46.2. The van der Waals surface area contributed by atoms with Crippen molar-refractivity contribution in [2.45, 2.75) is 38.3 Å². The minimum absolute atomic E-state index is 0.210. The number of hydrogen-bond donors (Lipinski definition) is 5. The number of likely N-dealkylation sites (tertiary alicyclic amines) is 1. The predicted octanol–water partition coefficient (Wildman–Crippen LogP) is 2.60. The molecule has 41 heavy (non-hydrogen) atoms. The molecule has 3 aliphatic heterocycles. The summed E-state index contributed by atoms with van der Waals surface area (Å²) in [5.41, 5.74) is 0.244. The Morgan fingerprint density at radius 3 is 2.05 bits per heavy atom. The summed E-state index contributed by atoms with van der Waals surface area (Å²) in [5.74, 6) is -6.64. The number of fused-ring (bicyclic) bond motifs is 2. The molecule has 1 spiro atoms. The van der Waals surface area contributed by atoms with E-state index in [1.165, 1.54) is 56.1 Å². The van der Waals surface area contributed by atoms with Crippen molar-refractivity contribution in [2.75, 3.05) is 38.5 Å². The van der Waals surface area contributed by atoms with Gasteiger partial charge in [0, 0.05) is 24.1 Å². The second kappa shape index (κ2) is 13.8. The minimum Gasteiger partial charge on any atom is -0.473 e. The first-order valence-corrected chi connectivity index (χ1v) is 14.2. The van der Waals surface area contributed by atoms with E-state index >= 15 is 0 Å². The number of unbranched alkanes of at least 4 members (excludes halogenated alkanes) is 1. The number of benzene rings is 2. The molecular formula is C28H35N3O9S. The standard InChI is InChI=1S/C24H31N3OS.2C2H2O4/c1-2-3-12-26-13-10-23(11-14-26)16-25-22-27(17-23)24(28,18-29-22)21-9-8-19-6-4-5-7-20(19)15-21;2*3-1(4)2(5)6/h4-9,15,28H,2-3,10-14,16-18H2,1H3;2*(H,3,4)(H,5,6). The largest absolute Gasteiger partial charge is 0.473 e. The van der Waals surface area contributed by atoms with E-state index in [0.717, 1.165) is 23.8 Å². The number of thioether (sulfide) groups is 1. The van der Waals surface area contributed by atoms with Crippen molar-refractivity contribution >= 4 is 51.6 Å². The van der Waals surface area contributed by atoms with Crippen LogP contribution in [-0.2, 0) is 24.9 Å². The first-order chi connectivity index (χ1) is 19.4. The number of aliphatic imine (C=N–C) groups is 1. The molecule has 2 aromatic carbocycles. The highest BCUT2D eigenvalue weighted by Gasteiger charge is 2.51. The molecule has 2 fully saturated rings. The lowest BCUT2D eigenvalue weighted by Crippen LogP contribution is -2.56. The van der Waals surface area contributed by atoms with Crippen molar-refractivity contribution in [3.8, 4) is 0 Å². The summed E-state index contributed by atoms with van der Waals surface area (Å²) < 4.78 is 0. The molecule has 2 aromatic rings. The monoisotopic (exact) mass is 589 g/mol. The Balaban J connectivity index is 0.000000326. The van der Waals surface area contributed by atoms with Gasteiger partial charge in [-0.05, 0) is 55.7 Å². The predicted molar refractivity (Wildman–Crippen MR) is 153 cm³/mol. The highest BCUT2D eigenvalue weighted by atomic mass is 32.2. The molecule has 0 radical (unpaired) electrons. The van der Waals surface area contributed by atoms with E-state index in [9.17, 15) is 5.11 Å². The normalized spacial score (nSPS) is 21.0. The maximum absolute atomic E-state index is 11.8.